The van der Waals surface area contributed by atoms with Crippen LogP contribution < -0.4 is 0 Å². The highest BCUT2D eigenvalue weighted by atomic mass is 35.5. The van der Waals surface area contributed by atoms with E-state index >= 15 is 0 Å². The van der Waals surface area contributed by atoms with Gasteiger partial charge in [-0.05, 0) is 33.1 Å². The molecule has 1 aromatic heterocycles. The van der Waals surface area contributed by atoms with E-state index in [0.29, 0.717) is 19.6 Å². The Morgan fingerprint density at radius 1 is 1.50 bits per heavy atom. The van der Waals surface area contributed by atoms with Crippen molar-refractivity contribution in [3.63, 3.8) is 0 Å². The zero-order chi connectivity index (χ0) is 16.5. The van der Waals surface area contributed by atoms with E-state index in [4.69, 9.17) is 21.4 Å². The molecule has 0 saturated carbocycles. The number of amides is 1. The molecule has 2 rings (SSSR count). The molecule has 8 heteroatoms. The van der Waals surface area contributed by atoms with Crippen molar-refractivity contribution in [2.24, 2.45) is 5.92 Å². The molecule has 0 bridgehead atoms. The van der Waals surface area contributed by atoms with Gasteiger partial charge in [0.2, 0.25) is 0 Å². The van der Waals surface area contributed by atoms with Crippen molar-refractivity contribution in [1.29, 1.82) is 0 Å². The Morgan fingerprint density at radius 3 is 2.77 bits per heavy atom. The molecule has 1 aliphatic rings. The van der Waals surface area contributed by atoms with Gasteiger partial charge in [-0.2, -0.15) is 5.10 Å². The third kappa shape index (κ3) is 3.91. The summed E-state index contributed by atoms with van der Waals surface area (Å²) in [5.41, 5.74) is -0.543. The lowest BCUT2D eigenvalue weighted by Crippen LogP contribution is -2.35. The largest absolute Gasteiger partial charge is 0.476 e. The predicted molar refractivity (Wildman–Crippen MR) is 80.1 cm³/mol. The van der Waals surface area contributed by atoms with Crippen LogP contribution in [0.2, 0.25) is 5.02 Å². The third-order valence-electron chi connectivity index (χ3n) is 3.37. The highest BCUT2D eigenvalue weighted by molar-refractivity contribution is 6.33. The standard InChI is InChI=1S/C14H20ClN3O4/c1-14(2,3)22-13(21)17-5-4-9(7-17)8-18-11(12(19)20)10(15)6-16-18/h6,9H,4-5,7-8H2,1-3H3,(H,19,20). The average molecular weight is 330 g/mol. The summed E-state index contributed by atoms with van der Waals surface area (Å²) in [7, 11) is 0. The highest BCUT2D eigenvalue weighted by Crippen LogP contribution is 2.23. The molecule has 1 aliphatic heterocycles. The first-order valence-electron chi connectivity index (χ1n) is 7.10. The predicted octanol–water partition coefficient (Wildman–Crippen LogP) is 2.49. The molecule has 1 N–H and O–H groups in total. The summed E-state index contributed by atoms with van der Waals surface area (Å²) < 4.78 is 6.72. The zero-order valence-electron chi connectivity index (χ0n) is 12.9. The Balaban J connectivity index is 1.97. The number of likely N-dealkylation sites (tertiary alicyclic amines) is 1. The number of aromatic carboxylic acids is 1. The van der Waals surface area contributed by atoms with Gasteiger partial charge in [-0.3, -0.25) is 4.68 Å². The summed E-state index contributed by atoms with van der Waals surface area (Å²) in [5.74, 6) is -0.980. The maximum Gasteiger partial charge on any atom is 0.410 e. The topological polar surface area (TPSA) is 84.7 Å². The number of hydrogen-bond donors (Lipinski definition) is 1. The molecule has 1 unspecified atom stereocenters. The number of carbonyl (C=O) groups is 2. The molecular formula is C14H20ClN3O4. The number of aromatic nitrogens is 2. The van der Waals surface area contributed by atoms with Crippen LogP contribution in [0.3, 0.4) is 0 Å². The second-order valence-electron chi connectivity index (χ2n) is 6.41. The molecule has 1 aromatic rings. The van der Waals surface area contributed by atoms with Crippen molar-refractivity contribution in [2.45, 2.75) is 39.3 Å². The minimum absolute atomic E-state index is 0.0163. The number of halogens is 1. The van der Waals surface area contributed by atoms with Crippen LogP contribution in [0.15, 0.2) is 6.20 Å². The van der Waals surface area contributed by atoms with Crippen LogP contribution in [0.5, 0.6) is 0 Å². The first-order valence-corrected chi connectivity index (χ1v) is 7.47. The zero-order valence-corrected chi connectivity index (χ0v) is 13.6. The number of rotatable bonds is 3. The van der Waals surface area contributed by atoms with Crippen LogP contribution in [0.1, 0.15) is 37.7 Å². The van der Waals surface area contributed by atoms with E-state index in [-0.39, 0.29) is 22.7 Å². The Morgan fingerprint density at radius 2 is 2.18 bits per heavy atom. The maximum atomic E-state index is 12.0. The molecule has 1 fully saturated rings. The van der Waals surface area contributed by atoms with Gasteiger partial charge < -0.3 is 14.7 Å². The highest BCUT2D eigenvalue weighted by Gasteiger charge is 2.31. The number of nitrogens with zero attached hydrogens (tertiary/aromatic N) is 3. The molecular weight excluding hydrogens is 310 g/mol. The van der Waals surface area contributed by atoms with E-state index in [1.165, 1.54) is 10.9 Å². The van der Waals surface area contributed by atoms with E-state index in [1.807, 2.05) is 20.8 Å². The van der Waals surface area contributed by atoms with Gasteiger partial charge in [0.1, 0.15) is 5.60 Å². The van der Waals surface area contributed by atoms with Crippen LogP contribution in [-0.4, -0.2) is 50.5 Å². The van der Waals surface area contributed by atoms with E-state index < -0.39 is 11.6 Å². The minimum atomic E-state index is -1.11. The second-order valence-corrected chi connectivity index (χ2v) is 6.82. The van der Waals surface area contributed by atoms with Crippen molar-refractivity contribution in [1.82, 2.24) is 14.7 Å². The third-order valence-corrected chi connectivity index (χ3v) is 3.64. The number of carboxylic acids is 1. The molecule has 0 radical (unpaired) electrons. The quantitative estimate of drug-likeness (QED) is 0.921. The molecule has 0 spiro atoms. The molecule has 1 amide bonds. The maximum absolute atomic E-state index is 12.0. The molecule has 0 aromatic carbocycles. The van der Waals surface area contributed by atoms with Gasteiger partial charge in [0.25, 0.3) is 0 Å². The molecule has 2 heterocycles. The van der Waals surface area contributed by atoms with Gasteiger partial charge in [0.15, 0.2) is 5.69 Å². The number of hydrogen-bond acceptors (Lipinski definition) is 4. The van der Waals surface area contributed by atoms with E-state index in [9.17, 15) is 9.59 Å². The van der Waals surface area contributed by atoms with E-state index in [0.717, 1.165) is 6.42 Å². The SMILES string of the molecule is CC(C)(C)OC(=O)N1CCC(Cn2ncc(Cl)c2C(=O)O)C1. The number of carboxylic acid groups (broad SMARTS) is 1. The van der Waals surface area contributed by atoms with Gasteiger partial charge in [0, 0.05) is 19.6 Å². The summed E-state index contributed by atoms with van der Waals surface area (Å²) in [4.78, 5) is 24.8. The molecule has 122 valence electrons. The van der Waals surface area contributed by atoms with Crippen molar-refractivity contribution in [2.75, 3.05) is 13.1 Å². The Hall–Kier alpha value is -1.76. The number of carbonyl (C=O) groups excluding carboxylic acids is 1. The Kier molecular flexibility index (Phi) is 4.65. The van der Waals surface area contributed by atoms with Gasteiger partial charge >= 0.3 is 12.1 Å². The van der Waals surface area contributed by atoms with Gasteiger partial charge in [-0.25, -0.2) is 9.59 Å². The summed E-state index contributed by atoms with van der Waals surface area (Å²) >= 11 is 5.83. The second kappa shape index (κ2) is 6.16. The normalized spacial score (nSPS) is 18.5. The van der Waals surface area contributed by atoms with Gasteiger partial charge in [0.05, 0.1) is 11.2 Å². The fraction of sp³-hybridized carbons (Fsp3) is 0.643. The smallest absolute Gasteiger partial charge is 0.410 e. The van der Waals surface area contributed by atoms with Crippen LogP contribution in [0, 0.1) is 5.92 Å². The monoisotopic (exact) mass is 329 g/mol. The van der Waals surface area contributed by atoms with Gasteiger partial charge in [-0.1, -0.05) is 11.6 Å². The van der Waals surface area contributed by atoms with Crippen LogP contribution in [0.25, 0.3) is 0 Å². The summed E-state index contributed by atoms with van der Waals surface area (Å²) in [6.45, 7) is 6.99. The van der Waals surface area contributed by atoms with Crippen molar-refractivity contribution in [3.8, 4) is 0 Å². The molecule has 1 saturated heterocycles. The Bertz CT molecular complexity index is 579. The summed E-state index contributed by atoms with van der Waals surface area (Å²) in [6, 6.07) is 0. The van der Waals surface area contributed by atoms with Gasteiger partial charge in [-0.15, -0.1) is 0 Å². The van der Waals surface area contributed by atoms with Crippen LogP contribution in [-0.2, 0) is 11.3 Å². The lowest BCUT2D eigenvalue weighted by Gasteiger charge is -2.24. The Labute approximate surface area is 133 Å². The number of ether oxygens (including phenoxy) is 1. The minimum Gasteiger partial charge on any atom is -0.476 e. The van der Waals surface area contributed by atoms with Crippen molar-refractivity contribution < 1.29 is 19.4 Å². The summed E-state index contributed by atoms with van der Waals surface area (Å²) in [6.07, 6.45) is 1.76. The molecule has 1 atom stereocenters. The van der Waals surface area contributed by atoms with E-state index in [2.05, 4.69) is 5.10 Å². The van der Waals surface area contributed by atoms with Crippen LogP contribution in [0.4, 0.5) is 4.79 Å². The fourth-order valence-electron chi connectivity index (χ4n) is 2.43. The summed E-state index contributed by atoms with van der Waals surface area (Å²) in [5, 5.41) is 13.3. The van der Waals surface area contributed by atoms with Crippen molar-refractivity contribution >= 4 is 23.7 Å². The average Bonchev–Trinajstić information content (AvgIpc) is 2.95. The fourth-order valence-corrected chi connectivity index (χ4v) is 2.65. The van der Waals surface area contributed by atoms with Crippen molar-refractivity contribution in [3.05, 3.63) is 16.9 Å². The molecule has 7 nitrogen and oxygen atoms in total. The first-order chi connectivity index (χ1) is 10.2. The first kappa shape index (κ1) is 16.6. The van der Waals surface area contributed by atoms with E-state index in [1.54, 1.807) is 4.90 Å². The lowest BCUT2D eigenvalue weighted by molar-refractivity contribution is 0.0286. The lowest BCUT2D eigenvalue weighted by atomic mass is 10.1. The molecule has 22 heavy (non-hydrogen) atoms. The van der Waals surface area contributed by atoms with Crippen LogP contribution >= 0.6 is 11.6 Å². The molecule has 0 aliphatic carbocycles.